The van der Waals surface area contributed by atoms with Gasteiger partial charge in [0.1, 0.15) is 5.75 Å². The number of anilines is 1. The van der Waals surface area contributed by atoms with E-state index in [9.17, 15) is 9.59 Å². The van der Waals surface area contributed by atoms with E-state index >= 15 is 0 Å². The second-order valence-corrected chi connectivity index (χ2v) is 6.85. The Morgan fingerprint density at radius 1 is 1.11 bits per heavy atom. The van der Waals surface area contributed by atoms with Gasteiger partial charge in [0.25, 0.3) is 5.91 Å². The van der Waals surface area contributed by atoms with Crippen molar-refractivity contribution < 1.29 is 14.3 Å². The van der Waals surface area contributed by atoms with Crippen LogP contribution < -0.4 is 15.4 Å². The zero-order valence-electron chi connectivity index (χ0n) is 16.7. The molecule has 0 saturated carbocycles. The number of carbonyl (C=O) groups excluding carboxylic acids is 2. The SMILES string of the molecule is CCNC(=O)c1ccc(NC(=O)N2CCc3ccc(OCC)cc3C2)c(C)c1. The van der Waals surface area contributed by atoms with Crippen LogP contribution in [-0.4, -0.2) is 36.5 Å². The van der Waals surface area contributed by atoms with Gasteiger partial charge in [-0.1, -0.05) is 6.07 Å². The number of carbonyl (C=O) groups is 2. The maximum absolute atomic E-state index is 12.8. The van der Waals surface area contributed by atoms with Gasteiger partial charge in [-0.25, -0.2) is 4.79 Å². The highest BCUT2D eigenvalue weighted by Gasteiger charge is 2.21. The van der Waals surface area contributed by atoms with Crippen molar-refractivity contribution in [3.05, 3.63) is 58.7 Å². The van der Waals surface area contributed by atoms with E-state index in [-0.39, 0.29) is 11.9 Å². The number of fused-ring (bicyclic) bond motifs is 1. The summed E-state index contributed by atoms with van der Waals surface area (Å²) in [5.74, 6) is 0.724. The van der Waals surface area contributed by atoms with E-state index in [4.69, 9.17) is 4.74 Å². The maximum Gasteiger partial charge on any atom is 0.322 e. The number of urea groups is 1. The van der Waals surface area contributed by atoms with Crippen molar-refractivity contribution >= 4 is 17.6 Å². The molecule has 28 heavy (non-hydrogen) atoms. The molecule has 148 valence electrons. The zero-order valence-corrected chi connectivity index (χ0v) is 16.7. The molecule has 0 atom stereocenters. The van der Waals surface area contributed by atoms with Crippen LogP contribution in [0, 0.1) is 6.92 Å². The average Bonchev–Trinajstić information content (AvgIpc) is 2.69. The molecule has 1 aliphatic heterocycles. The Morgan fingerprint density at radius 2 is 1.93 bits per heavy atom. The van der Waals surface area contributed by atoms with Gasteiger partial charge in [0.2, 0.25) is 0 Å². The average molecular weight is 381 g/mol. The van der Waals surface area contributed by atoms with Crippen molar-refractivity contribution in [2.75, 3.05) is 25.0 Å². The molecule has 3 rings (SSSR count). The Balaban J connectivity index is 1.68. The van der Waals surface area contributed by atoms with E-state index in [1.54, 1.807) is 23.1 Å². The zero-order chi connectivity index (χ0) is 20.1. The maximum atomic E-state index is 12.8. The Kier molecular flexibility index (Phi) is 6.19. The third-order valence-electron chi connectivity index (χ3n) is 4.86. The fourth-order valence-corrected chi connectivity index (χ4v) is 3.37. The number of hydrogen-bond donors (Lipinski definition) is 2. The van der Waals surface area contributed by atoms with Crippen molar-refractivity contribution in [1.82, 2.24) is 10.2 Å². The lowest BCUT2D eigenvalue weighted by atomic mass is 10.00. The van der Waals surface area contributed by atoms with Crippen molar-refractivity contribution in [3.63, 3.8) is 0 Å². The lowest BCUT2D eigenvalue weighted by molar-refractivity contribution is 0.0955. The summed E-state index contributed by atoms with van der Waals surface area (Å²) in [7, 11) is 0. The van der Waals surface area contributed by atoms with Gasteiger partial charge in [-0.05, 0) is 74.2 Å². The summed E-state index contributed by atoms with van der Waals surface area (Å²) in [5.41, 5.74) is 4.54. The predicted octanol–water partition coefficient (Wildman–Crippen LogP) is 3.73. The third-order valence-corrected chi connectivity index (χ3v) is 4.86. The fourth-order valence-electron chi connectivity index (χ4n) is 3.37. The summed E-state index contributed by atoms with van der Waals surface area (Å²) in [6.45, 7) is 8.15. The lowest BCUT2D eigenvalue weighted by Crippen LogP contribution is -2.39. The first-order valence-electron chi connectivity index (χ1n) is 9.71. The molecule has 0 aliphatic carbocycles. The number of amides is 3. The summed E-state index contributed by atoms with van der Waals surface area (Å²) >= 11 is 0. The van der Waals surface area contributed by atoms with Crippen molar-refractivity contribution in [2.45, 2.75) is 33.7 Å². The Morgan fingerprint density at radius 3 is 2.64 bits per heavy atom. The van der Waals surface area contributed by atoms with E-state index in [1.807, 2.05) is 32.9 Å². The molecule has 0 radical (unpaired) electrons. The first-order valence-corrected chi connectivity index (χ1v) is 9.71. The van der Waals surface area contributed by atoms with Gasteiger partial charge >= 0.3 is 6.03 Å². The first-order chi connectivity index (χ1) is 13.5. The van der Waals surface area contributed by atoms with E-state index in [2.05, 4.69) is 16.7 Å². The second-order valence-electron chi connectivity index (χ2n) is 6.85. The van der Waals surface area contributed by atoms with Crippen molar-refractivity contribution in [2.24, 2.45) is 0 Å². The molecule has 2 N–H and O–H groups in total. The molecule has 6 heteroatoms. The molecular weight excluding hydrogens is 354 g/mol. The smallest absolute Gasteiger partial charge is 0.322 e. The number of nitrogens with zero attached hydrogens (tertiary/aromatic N) is 1. The molecule has 0 fully saturated rings. The molecule has 2 aromatic rings. The molecule has 0 saturated heterocycles. The quantitative estimate of drug-likeness (QED) is 0.829. The molecule has 1 heterocycles. The van der Waals surface area contributed by atoms with Crippen LogP contribution in [0.2, 0.25) is 0 Å². The molecule has 0 unspecified atom stereocenters. The fraction of sp³-hybridized carbons (Fsp3) is 0.364. The monoisotopic (exact) mass is 381 g/mol. The van der Waals surface area contributed by atoms with Crippen molar-refractivity contribution in [3.8, 4) is 5.75 Å². The molecular formula is C22H27N3O3. The summed E-state index contributed by atoms with van der Waals surface area (Å²) < 4.78 is 5.58. The van der Waals surface area contributed by atoms with Crippen LogP contribution in [0.5, 0.6) is 5.75 Å². The van der Waals surface area contributed by atoms with Crippen LogP contribution in [-0.2, 0) is 13.0 Å². The largest absolute Gasteiger partial charge is 0.494 e. The number of ether oxygens (including phenoxy) is 1. The van der Waals surface area contributed by atoms with Gasteiger partial charge in [0, 0.05) is 30.9 Å². The topological polar surface area (TPSA) is 70.7 Å². The van der Waals surface area contributed by atoms with Crippen LogP contribution in [0.25, 0.3) is 0 Å². The number of aryl methyl sites for hydroxylation is 1. The van der Waals surface area contributed by atoms with Gasteiger partial charge in [0.05, 0.1) is 6.61 Å². The second kappa shape index (κ2) is 8.78. The van der Waals surface area contributed by atoms with E-state index < -0.39 is 0 Å². The summed E-state index contributed by atoms with van der Waals surface area (Å²) in [6, 6.07) is 11.3. The molecule has 2 aromatic carbocycles. The van der Waals surface area contributed by atoms with Gasteiger partial charge in [0.15, 0.2) is 0 Å². The first kappa shape index (κ1) is 19.7. The standard InChI is InChI=1S/C22H27N3O3/c1-4-23-21(26)17-7-9-20(15(3)12-17)24-22(27)25-11-10-16-6-8-19(28-5-2)13-18(16)14-25/h6-9,12-13H,4-5,10-11,14H2,1-3H3,(H,23,26)(H,24,27). The molecule has 3 amide bonds. The highest BCUT2D eigenvalue weighted by Crippen LogP contribution is 2.25. The minimum absolute atomic E-state index is 0.110. The summed E-state index contributed by atoms with van der Waals surface area (Å²) in [6.07, 6.45) is 0.824. The third kappa shape index (κ3) is 4.44. The Bertz CT molecular complexity index is 879. The van der Waals surface area contributed by atoms with Gasteiger partial charge in [-0.15, -0.1) is 0 Å². The Labute approximate surface area is 165 Å². The van der Waals surface area contributed by atoms with Crippen LogP contribution in [0.15, 0.2) is 36.4 Å². The van der Waals surface area contributed by atoms with Gasteiger partial charge in [-0.3, -0.25) is 4.79 Å². The normalized spacial score (nSPS) is 12.9. The summed E-state index contributed by atoms with van der Waals surface area (Å²) in [4.78, 5) is 26.5. The molecule has 1 aliphatic rings. The lowest BCUT2D eigenvalue weighted by Gasteiger charge is -2.29. The summed E-state index contributed by atoms with van der Waals surface area (Å²) in [5, 5.41) is 5.75. The number of nitrogens with one attached hydrogen (secondary N) is 2. The molecule has 0 aromatic heterocycles. The van der Waals surface area contributed by atoms with Crippen LogP contribution >= 0.6 is 0 Å². The number of rotatable bonds is 5. The predicted molar refractivity (Wildman–Crippen MR) is 110 cm³/mol. The van der Waals surface area contributed by atoms with Crippen LogP contribution in [0.3, 0.4) is 0 Å². The van der Waals surface area contributed by atoms with Gasteiger partial charge in [-0.2, -0.15) is 0 Å². The molecule has 0 spiro atoms. The Hall–Kier alpha value is -3.02. The van der Waals surface area contributed by atoms with Crippen molar-refractivity contribution in [1.29, 1.82) is 0 Å². The van der Waals surface area contributed by atoms with E-state index in [0.717, 1.165) is 23.3 Å². The van der Waals surface area contributed by atoms with E-state index in [1.165, 1.54) is 5.56 Å². The number of benzene rings is 2. The number of hydrogen-bond acceptors (Lipinski definition) is 3. The van der Waals surface area contributed by atoms with Gasteiger partial charge < -0.3 is 20.3 Å². The minimum Gasteiger partial charge on any atom is -0.494 e. The molecule has 0 bridgehead atoms. The van der Waals surface area contributed by atoms with E-state index in [0.29, 0.717) is 37.5 Å². The minimum atomic E-state index is -0.138. The molecule has 6 nitrogen and oxygen atoms in total. The van der Waals surface area contributed by atoms with Crippen LogP contribution in [0.4, 0.5) is 10.5 Å². The van der Waals surface area contributed by atoms with Crippen LogP contribution in [0.1, 0.15) is 40.9 Å². The highest BCUT2D eigenvalue weighted by molar-refractivity contribution is 5.96. The highest BCUT2D eigenvalue weighted by atomic mass is 16.5.